The van der Waals surface area contributed by atoms with E-state index < -0.39 is 5.67 Å². The number of alkyl halides is 1. The van der Waals surface area contributed by atoms with Crippen LogP contribution >= 0.6 is 0 Å². The lowest BCUT2D eigenvalue weighted by Gasteiger charge is -2.52. The van der Waals surface area contributed by atoms with Crippen molar-refractivity contribution < 1.29 is 13.7 Å². The van der Waals surface area contributed by atoms with Crippen molar-refractivity contribution in [2.24, 2.45) is 5.41 Å². The quantitative estimate of drug-likeness (QED) is 0.448. The van der Waals surface area contributed by atoms with E-state index in [0.29, 0.717) is 18.4 Å². The lowest BCUT2D eigenvalue weighted by molar-refractivity contribution is 0.0445. The van der Waals surface area contributed by atoms with Gasteiger partial charge in [0.2, 0.25) is 0 Å². The van der Waals surface area contributed by atoms with Gasteiger partial charge in [0.05, 0.1) is 6.61 Å². The van der Waals surface area contributed by atoms with Crippen LogP contribution in [0.4, 0.5) is 10.1 Å². The molecule has 0 atom stereocenters. The van der Waals surface area contributed by atoms with Crippen LogP contribution < -0.4 is 10.1 Å². The molecule has 3 saturated carbocycles. The summed E-state index contributed by atoms with van der Waals surface area (Å²) in [6.07, 6.45) is 9.97. The predicted octanol–water partition coefficient (Wildman–Crippen LogP) is 5.83. The number of nitrogens with one attached hydrogen (secondary N) is 1. The van der Waals surface area contributed by atoms with E-state index in [1.54, 1.807) is 12.4 Å². The highest BCUT2D eigenvalue weighted by atomic mass is 19.1. The molecule has 2 aromatic heterocycles. The Morgan fingerprint density at radius 3 is 2.38 bits per heavy atom. The van der Waals surface area contributed by atoms with E-state index in [1.807, 2.05) is 6.92 Å². The molecule has 180 valence electrons. The first-order valence-electron chi connectivity index (χ1n) is 12.1. The summed E-state index contributed by atoms with van der Waals surface area (Å²) in [4.78, 5) is 13.0. The van der Waals surface area contributed by atoms with Crippen LogP contribution in [0.2, 0.25) is 0 Å². The van der Waals surface area contributed by atoms with E-state index in [4.69, 9.17) is 9.26 Å². The summed E-state index contributed by atoms with van der Waals surface area (Å²) in [6.45, 7) is 6.31. The third-order valence-corrected chi connectivity index (χ3v) is 7.58. The fourth-order valence-electron chi connectivity index (χ4n) is 5.31. The van der Waals surface area contributed by atoms with Crippen LogP contribution in [0.5, 0.6) is 6.01 Å². The largest absolute Gasteiger partial charge is 0.464 e. The smallest absolute Gasteiger partial charge is 0.316 e. The van der Waals surface area contributed by atoms with Gasteiger partial charge in [0, 0.05) is 35.6 Å². The van der Waals surface area contributed by atoms with E-state index >= 15 is 0 Å². The average molecular weight is 466 g/mol. The zero-order valence-electron chi connectivity index (χ0n) is 20.1. The number of rotatable bonds is 8. The summed E-state index contributed by atoms with van der Waals surface area (Å²) in [5, 5.41) is 7.87. The van der Waals surface area contributed by atoms with Gasteiger partial charge in [-0.15, -0.1) is 0 Å². The first-order chi connectivity index (χ1) is 16.3. The third kappa shape index (κ3) is 4.38. The molecule has 8 heteroatoms. The van der Waals surface area contributed by atoms with Gasteiger partial charge < -0.3 is 14.6 Å². The predicted molar refractivity (Wildman–Crippen MR) is 127 cm³/mol. The van der Waals surface area contributed by atoms with Crippen molar-refractivity contribution >= 4 is 5.69 Å². The van der Waals surface area contributed by atoms with Crippen LogP contribution in [0.25, 0.3) is 11.1 Å². The van der Waals surface area contributed by atoms with Gasteiger partial charge in [-0.05, 0) is 82.4 Å². The van der Waals surface area contributed by atoms with Crippen molar-refractivity contribution in [3.05, 3.63) is 48.4 Å². The van der Waals surface area contributed by atoms with Gasteiger partial charge in [0.1, 0.15) is 0 Å². The standard InChI is InChI=1S/C26H32FN5O2/c1-4-33-23-28-15-19(16-29-23)18-6-5-7-20(14-18)30-17-25-8-11-26(12-9-25,13-10-25)21-31-22(34-32-21)24(2,3)27/h5-7,14-16,30H,4,8-13,17H2,1-3H3. The normalized spacial score (nSPS) is 24.2. The molecule has 34 heavy (non-hydrogen) atoms. The zero-order valence-corrected chi connectivity index (χ0v) is 20.1. The number of nitrogens with zero attached hydrogens (tertiary/aromatic N) is 4. The molecule has 2 bridgehead atoms. The van der Waals surface area contributed by atoms with Gasteiger partial charge in [-0.3, -0.25) is 0 Å². The van der Waals surface area contributed by atoms with E-state index in [9.17, 15) is 4.39 Å². The lowest BCUT2D eigenvalue weighted by Crippen LogP contribution is -2.47. The van der Waals surface area contributed by atoms with E-state index in [1.165, 1.54) is 13.8 Å². The van der Waals surface area contributed by atoms with Crippen molar-refractivity contribution in [2.75, 3.05) is 18.5 Å². The van der Waals surface area contributed by atoms with Crippen LogP contribution in [0.3, 0.4) is 0 Å². The van der Waals surface area contributed by atoms with Gasteiger partial charge in [0.25, 0.3) is 5.89 Å². The van der Waals surface area contributed by atoms with Crippen molar-refractivity contribution in [1.29, 1.82) is 0 Å². The number of halogens is 1. The van der Waals surface area contributed by atoms with Crippen molar-refractivity contribution in [3.63, 3.8) is 0 Å². The molecule has 0 radical (unpaired) electrons. The van der Waals surface area contributed by atoms with Crippen molar-refractivity contribution in [1.82, 2.24) is 20.1 Å². The van der Waals surface area contributed by atoms with Gasteiger partial charge in [-0.2, -0.15) is 4.98 Å². The first kappa shape index (κ1) is 22.7. The molecular formula is C26H32FN5O2. The highest BCUT2D eigenvalue weighted by molar-refractivity contribution is 5.66. The van der Waals surface area contributed by atoms with Gasteiger partial charge in [-0.1, -0.05) is 17.3 Å². The Morgan fingerprint density at radius 1 is 1.06 bits per heavy atom. The molecule has 3 aliphatic carbocycles. The Bertz CT molecular complexity index is 1110. The average Bonchev–Trinajstić information content (AvgIpc) is 3.37. The van der Waals surface area contributed by atoms with Crippen LogP contribution in [-0.4, -0.2) is 33.3 Å². The summed E-state index contributed by atoms with van der Waals surface area (Å²) in [5.74, 6) is 0.776. The SMILES string of the molecule is CCOc1ncc(-c2cccc(NCC34CCC(c5noc(C(C)(C)F)n5)(CC3)CC4)c2)cn1. The highest BCUT2D eigenvalue weighted by Crippen LogP contribution is 2.57. The van der Waals surface area contributed by atoms with Crippen molar-refractivity contribution in [2.45, 2.75) is 70.4 Å². The highest BCUT2D eigenvalue weighted by Gasteiger charge is 2.51. The molecule has 0 spiro atoms. The minimum absolute atomic E-state index is 0.0671. The Balaban J connectivity index is 1.23. The Labute approximate surface area is 199 Å². The number of hydrogen-bond donors (Lipinski definition) is 1. The molecule has 0 unspecified atom stereocenters. The molecule has 6 rings (SSSR count). The maximum Gasteiger partial charge on any atom is 0.316 e. The molecule has 1 N–H and O–H groups in total. The van der Waals surface area contributed by atoms with Crippen LogP contribution in [0.15, 0.2) is 41.2 Å². The summed E-state index contributed by atoms with van der Waals surface area (Å²) in [6, 6.07) is 8.76. The number of ether oxygens (including phenoxy) is 1. The second-order valence-corrected chi connectivity index (χ2v) is 10.3. The number of fused-ring (bicyclic) bond motifs is 3. The summed E-state index contributed by atoms with van der Waals surface area (Å²) >= 11 is 0. The number of anilines is 1. The summed E-state index contributed by atoms with van der Waals surface area (Å²) in [5.41, 5.74) is 1.72. The lowest BCUT2D eigenvalue weighted by atomic mass is 9.53. The minimum atomic E-state index is -1.61. The molecule has 2 heterocycles. The van der Waals surface area contributed by atoms with Gasteiger partial charge in [0.15, 0.2) is 11.5 Å². The topological polar surface area (TPSA) is 86.0 Å². The second-order valence-electron chi connectivity index (χ2n) is 10.3. The maximum absolute atomic E-state index is 14.2. The van der Waals surface area contributed by atoms with E-state index in [-0.39, 0.29) is 16.7 Å². The maximum atomic E-state index is 14.2. The van der Waals surface area contributed by atoms with Gasteiger partial charge in [-0.25, -0.2) is 14.4 Å². The number of benzene rings is 1. The van der Waals surface area contributed by atoms with E-state index in [0.717, 1.165) is 61.9 Å². The Hall–Kier alpha value is -3.03. The summed E-state index contributed by atoms with van der Waals surface area (Å²) < 4.78 is 24.8. The van der Waals surface area contributed by atoms with Gasteiger partial charge >= 0.3 is 6.01 Å². The molecule has 1 aromatic carbocycles. The van der Waals surface area contributed by atoms with Crippen LogP contribution in [0.1, 0.15) is 71.0 Å². The zero-order chi connectivity index (χ0) is 23.8. The molecule has 0 aliphatic heterocycles. The molecule has 7 nitrogen and oxygen atoms in total. The Kier molecular flexibility index (Phi) is 5.78. The van der Waals surface area contributed by atoms with Crippen LogP contribution in [0, 0.1) is 5.41 Å². The molecule has 3 aliphatic rings. The summed E-state index contributed by atoms with van der Waals surface area (Å²) in [7, 11) is 0. The van der Waals surface area contributed by atoms with Crippen LogP contribution in [-0.2, 0) is 11.1 Å². The molecular weight excluding hydrogens is 433 g/mol. The monoisotopic (exact) mass is 465 g/mol. The third-order valence-electron chi connectivity index (χ3n) is 7.58. The fraction of sp³-hybridized carbons (Fsp3) is 0.538. The number of aromatic nitrogens is 4. The molecule has 3 fully saturated rings. The number of hydrogen-bond acceptors (Lipinski definition) is 7. The molecule has 3 aromatic rings. The van der Waals surface area contributed by atoms with Crippen molar-refractivity contribution in [3.8, 4) is 17.1 Å². The Morgan fingerprint density at radius 2 is 1.76 bits per heavy atom. The fourth-order valence-corrected chi connectivity index (χ4v) is 5.31. The minimum Gasteiger partial charge on any atom is -0.464 e. The second kappa shape index (κ2) is 8.64. The first-order valence-corrected chi connectivity index (χ1v) is 12.1. The van der Waals surface area contributed by atoms with E-state index in [2.05, 4.69) is 49.7 Å². The molecule has 0 amide bonds. The molecule has 0 saturated heterocycles.